The van der Waals surface area contributed by atoms with Gasteiger partial charge in [-0.3, -0.25) is 0 Å². The predicted octanol–water partition coefficient (Wildman–Crippen LogP) is 3.50. The molecule has 0 aliphatic carbocycles. The Hall–Kier alpha value is -2.05. The monoisotopic (exact) mass is 389 g/mol. The Kier molecular flexibility index (Phi) is 6.74. The molecule has 0 radical (unpaired) electrons. The highest BCUT2D eigenvalue weighted by Gasteiger charge is 2.15. The fourth-order valence-corrected chi connectivity index (χ4v) is 4.24. The lowest BCUT2D eigenvalue weighted by Gasteiger charge is -2.20. The Morgan fingerprint density at radius 3 is 2.56 bits per heavy atom. The van der Waals surface area contributed by atoms with Crippen molar-refractivity contribution in [1.82, 2.24) is 4.72 Å². The molecule has 6 heteroatoms. The van der Waals surface area contributed by atoms with Crippen LogP contribution in [0.15, 0.2) is 48.5 Å². The van der Waals surface area contributed by atoms with E-state index in [1.54, 1.807) is 0 Å². The van der Waals surface area contributed by atoms with Gasteiger partial charge in [-0.25, -0.2) is 13.1 Å². The largest absolute Gasteiger partial charge is 0.486 e. The van der Waals surface area contributed by atoms with Gasteiger partial charge in [-0.05, 0) is 48.4 Å². The number of benzene rings is 2. The Bertz CT molecular complexity index is 837. The van der Waals surface area contributed by atoms with Crippen LogP contribution in [0.4, 0.5) is 0 Å². The molecule has 0 amide bonds. The highest BCUT2D eigenvalue weighted by atomic mass is 32.2. The van der Waals surface area contributed by atoms with Crippen LogP contribution >= 0.6 is 0 Å². The van der Waals surface area contributed by atoms with Crippen molar-refractivity contribution in [3.63, 3.8) is 0 Å². The van der Waals surface area contributed by atoms with Crippen LogP contribution in [-0.4, -0.2) is 33.9 Å². The molecule has 0 saturated heterocycles. The standard InChI is InChI=1S/C21H27NO4S/c1-17(19-9-10-20-21(16-19)26-14-13-25-20)11-12-22-27(23,24)15-5-8-18-6-3-2-4-7-18/h2-4,6-7,9-10,16-17,22H,5,8,11-15H2,1H3. The van der Waals surface area contributed by atoms with E-state index in [1.807, 2.05) is 48.5 Å². The van der Waals surface area contributed by atoms with Crippen molar-refractivity contribution in [2.45, 2.75) is 32.1 Å². The number of rotatable bonds is 9. The van der Waals surface area contributed by atoms with Crippen molar-refractivity contribution in [1.29, 1.82) is 0 Å². The zero-order valence-electron chi connectivity index (χ0n) is 15.7. The lowest BCUT2D eigenvalue weighted by Crippen LogP contribution is -2.28. The van der Waals surface area contributed by atoms with Crippen molar-refractivity contribution in [3.8, 4) is 11.5 Å². The summed E-state index contributed by atoms with van der Waals surface area (Å²) in [5, 5.41) is 0. The molecule has 2 aromatic rings. The molecule has 3 rings (SSSR count). The third-order valence-corrected chi connectivity index (χ3v) is 6.23. The third-order valence-electron chi connectivity index (χ3n) is 4.76. The number of aryl methyl sites for hydroxylation is 1. The van der Waals surface area contributed by atoms with Crippen LogP contribution in [0.1, 0.15) is 36.8 Å². The zero-order valence-corrected chi connectivity index (χ0v) is 16.5. The van der Waals surface area contributed by atoms with Gasteiger partial charge in [0.2, 0.25) is 10.0 Å². The van der Waals surface area contributed by atoms with E-state index in [9.17, 15) is 8.42 Å². The first kappa shape index (κ1) is 19.7. The number of ether oxygens (including phenoxy) is 2. The van der Waals surface area contributed by atoms with Gasteiger partial charge in [0.05, 0.1) is 5.75 Å². The van der Waals surface area contributed by atoms with E-state index in [0.717, 1.165) is 29.9 Å². The maximum atomic E-state index is 12.2. The number of hydrogen-bond acceptors (Lipinski definition) is 4. The van der Waals surface area contributed by atoms with Gasteiger partial charge in [-0.2, -0.15) is 0 Å². The molecule has 2 aromatic carbocycles. The molecule has 0 bridgehead atoms. The lowest BCUT2D eigenvalue weighted by atomic mass is 9.97. The first-order valence-electron chi connectivity index (χ1n) is 9.44. The molecule has 5 nitrogen and oxygen atoms in total. The van der Waals surface area contributed by atoms with E-state index in [0.29, 0.717) is 26.2 Å². The first-order valence-corrected chi connectivity index (χ1v) is 11.1. The summed E-state index contributed by atoms with van der Waals surface area (Å²) >= 11 is 0. The minimum absolute atomic E-state index is 0.153. The summed E-state index contributed by atoms with van der Waals surface area (Å²) in [5.74, 6) is 1.93. The quantitative estimate of drug-likeness (QED) is 0.713. The molecule has 0 aromatic heterocycles. The van der Waals surface area contributed by atoms with E-state index >= 15 is 0 Å². The van der Waals surface area contributed by atoms with Gasteiger partial charge in [0.15, 0.2) is 11.5 Å². The molecule has 1 N–H and O–H groups in total. The van der Waals surface area contributed by atoms with E-state index in [4.69, 9.17) is 9.47 Å². The van der Waals surface area contributed by atoms with Crippen molar-refractivity contribution in [3.05, 3.63) is 59.7 Å². The summed E-state index contributed by atoms with van der Waals surface area (Å²) in [6, 6.07) is 15.9. The molecule has 1 aliphatic rings. The van der Waals surface area contributed by atoms with Gasteiger partial charge >= 0.3 is 0 Å². The van der Waals surface area contributed by atoms with Crippen molar-refractivity contribution >= 4 is 10.0 Å². The molecule has 1 atom stereocenters. The smallest absolute Gasteiger partial charge is 0.211 e. The Labute approximate surface area is 161 Å². The van der Waals surface area contributed by atoms with E-state index < -0.39 is 10.0 Å². The molecule has 0 saturated carbocycles. The molecular formula is C21H27NO4S. The van der Waals surface area contributed by atoms with E-state index in [1.165, 1.54) is 5.56 Å². The normalized spacial score (nSPS) is 14.7. The molecule has 0 spiro atoms. The fraction of sp³-hybridized carbons (Fsp3) is 0.429. The highest BCUT2D eigenvalue weighted by molar-refractivity contribution is 7.89. The summed E-state index contributed by atoms with van der Waals surface area (Å²) in [7, 11) is -3.24. The maximum Gasteiger partial charge on any atom is 0.211 e. The summed E-state index contributed by atoms with van der Waals surface area (Å²) in [6.45, 7) is 3.67. The third kappa shape index (κ3) is 5.97. The highest BCUT2D eigenvalue weighted by Crippen LogP contribution is 2.33. The first-order chi connectivity index (χ1) is 13.0. The molecule has 146 valence electrons. The SMILES string of the molecule is CC(CCNS(=O)(=O)CCCc1ccccc1)c1ccc2c(c1)OCCO2. The van der Waals surface area contributed by atoms with Crippen molar-refractivity contribution in [2.75, 3.05) is 25.5 Å². The minimum Gasteiger partial charge on any atom is -0.486 e. The molecule has 1 aliphatic heterocycles. The molecular weight excluding hydrogens is 362 g/mol. The van der Waals surface area contributed by atoms with Crippen LogP contribution in [0.5, 0.6) is 11.5 Å². The minimum atomic E-state index is -3.24. The van der Waals surface area contributed by atoms with Crippen LogP contribution in [0.3, 0.4) is 0 Å². The van der Waals surface area contributed by atoms with Gasteiger partial charge in [0.1, 0.15) is 13.2 Å². The molecule has 1 heterocycles. The Morgan fingerprint density at radius 1 is 1.04 bits per heavy atom. The molecule has 27 heavy (non-hydrogen) atoms. The van der Waals surface area contributed by atoms with Gasteiger partial charge in [-0.15, -0.1) is 0 Å². The van der Waals surface area contributed by atoms with Gasteiger partial charge < -0.3 is 9.47 Å². The van der Waals surface area contributed by atoms with Gasteiger partial charge in [-0.1, -0.05) is 43.3 Å². The van der Waals surface area contributed by atoms with E-state index in [-0.39, 0.29) is 11.7 Å². The zero-order chi connectivity index (χ0) is 19.1. The number of sulfonamides is 1. The van der Waals surface area contributed by atoms with Crippen LogP contribution in [0.25, 0.3) is 0 Å². The second-order valence-corrected chi connectivity index (χ2v) is 8.82. The topological polar surface area (TPSA) is 64.6 Å². The summed E-state index contributed by atoms with van der Waals surface area (Å²) < 4.78 is 38.2. The number of nitrogens with one attached hydrogen (secondary N) is 1. The lowest BCUT2D eigenvalue weighted by molar-refractivity contribution is 0.171. The van der Waals surface area contributed by atoms with Crippen molar-refractivity contribution in [2.24, 2.45) is 0 Å². The average Bonchev–Trinajstić information content (AvgIpc) is 2.68. The Balaban J connectivity index is 1.42. The van der Waals surface area contributed by atoms with Crippen LogP contribution < -0.4 is 14.2 Å². The Morgan fingerprint density at radius 2 is 1.78 bits per heavy atom. The molecule has 1 unspecified atom stereocenters. The summed E-state index contributed by atoms with van der Waals surface area (Å²) in [5.41, 5.74) is 2.29. The van der Waals surface area contributed by atoms with Crippen LogP contribution in [0, 0.1) is 0 Å². The number of hydrogen-bond donors (Lipinski definition) is 1. The predicted molar refractivity (Wildman–Crippen MR) is 107 cm³/mol. The second-order valence-electron chi connectivity index (χ2n) is 6.90. The number of fused-ring (bicyclic) bond motifs is 1. The van der Waals surface area contributed by atoms with Gasteiger partial charge in [0, 0.05) is 6.54 Å². The fourth-order valence-electron chi connectivity index (χ4n) is 3.15. The second kappa shape index (κ2) is 9.24. The van der Waals surface area contributed by atoms with Crippen LogP contribution in [-0.2, 0) is 16.4 Å². The molecule has 0 fully saturated rings. The average molecular weight is 390 g/mol. The van der Waals surface area contributed by atoms with Crippen LogP contribution in [0.2, 0.25) is 0 Å². The summed E-state index contributed by atoms with van der Waals surface area (Å²) in [6.07, 6.45) is 2.13. The van der Waals surface area contributed by atoms with Gasteiger partial charge in [0.25, 0.3) is 0 Å². The summed E-state index contributed by atoms with van der Waals surface area (Å²) in [4.78, 5) is 0. The maximum absolute atomic E-state index is 12.2. The van der Waals surface area contributed by atoms with E-state index in [2.05, 4.69) is 11.6 Å². The van der Waals surface area contributed by atoms with Crippen molar-refractivity contribution < 1.29 is 17.9 Å².